The van der Waals surface area contributed by atoms with Crippen LogP contribution in [0.5, 0.6) is 11.5 Å². The van der Waals surface area contributed by atoms with Crippen LogP contribution in [0.25, 0.3) is 0 Å². The van der Waals surface area contributed by atoms with E-state index in [1.165, 1.54) is 37.6 Å². The van der Waals surface area contributed by atoms with Crippen LogP contribution in [0.1, 0.15) is 20.8 Å². The Hall–Kier alpha value is -3.07. The second-order valence-corrected chi connectivity index (χ2v) is 6.68. The highest BCUT2D eigenvalue weighted by Gasteiger charge is 2.21. The Bertz CT molecular complexity index is 979. The molecule has 0 spiro atoms. The van der Waals surface area contributed by atoms with Crippen LogP contribution < -0.4 is 14.8 Å². The molecule has 1 N–H and O–H groups in total. The van der Waals surface area contributed by atoms with E-state index in [0.717, 1.165) is 16.2 Å². The molecular weight excluding hydrogens is 393 g/mol. The molecule has 3 rings (SSSR count). The van der Waals surface area contributed by atoms with Crippen molar-refractivity contribution in [1.82, 2.24) is 4.98 Å². The zero-order valence-corrected chi connectivity index (χ0v) is 15.4. The predicted octanol–water partition coefficient (Wildman–Crippen LogP) is 4.74. The summed E-state index contributed by atoms with van der Waals surface area (Å²) in [4.78, 5) is 17.3. The monoisotopic (exact) mass is 408 g/mol. The maximum absolute atomic E-state index is 13.8. The van der Waals surface area contributed by atoms with Crippen LogP contribution in [-0.4, -0.2) is 24.6 Å². The number of alkyl halides is 2. The molecule has 2 aromatic carbocycles. The Kier molecular flexibility index (Phi) is 6.15. The minimum Gasteiger partial charge on any atom is -0.493 e. The number of aromatic nitrogens is 1. The van der Waals surface area contributed by atoms with Gasteiger partial charge in [-0.05, 0) is 23.8 Å². The average molecular weight is 408 g/mol. The Morgan fingerprint density at radius 2 is 2.00 bits per heavy atom. The van der Waals surface area contributed by atoms with Gasteiger partial charge in [0.05, 0.1) is 12.7 Å². The zero-order chi connectivity index (χ0) is 20.1. The van der Waals surface area contributed by atoms with Crippen molar-refractivity contribution >= 4 is 22.4 Å². The molecule has 1 heterocycles. The summed E-state index contributed by atoms with van der Waals surface area (Å²) < 4.78 is 48.6. The summed E-state index contributed by atoms with van der Waals surface area (Å²) in [6.07, 6.45) is 1.84. The van der Waals surface area contributed by atoms with E-state index in [9.17, 15) is 18.0 Å². The van der Waals surface area contributed by atoms with Gasteiger partial charge >= 0.3 is 6.61 Å². The number of halogens is 3. The van der Waals surface area contributed by atoms with Gasteiger partial charge < -0.3 is 9.47 Å². The van der Waals surface area contributed by atoms with Gasteiger partial charge in [-0.25, -0.2) is 9.37 Å². The lowest BCUT2D eigenvalue weighted by atomic mass is 10.1. The third-order valence-electron chi connectivity index (χ3n) is 3.75. The number of benzene rings is 2. The van der Waals surface area contributed by atoms with Crippen molar-refractivity contribution in [3.8, 4) is 11.5 Å². The number of carbonyl (C=O) groups excluding carboxylic acids is 1. The molecule has 0 unspecified atom stereocenters. The smallest absolute Gasteiger partial charge is 0.387 e. The molecule has 0 aliphatic carbocycles. The number of amides is 1. The fourth-order valence-corrected chi connectivity index (χ4v) is 3.34. The van der Waals surface area contributed by atoms with E-state index < -0.39 is 12.5 Å². The van der Waals surface area contributed by atoms with E-state index in [1.54, 1.807) is 18.2 Å². The summed E-state index contributed by atoms with van der Waals surface area (Å²) >= 11 is 1.16. The average Bonchev–Trinajstić information content (AvgIpc) is 3.10. The van der Waals surface area contributed by atoms with Crippen molar-refractivity contribution < 1.29 is 27.4 Å². The summed E-state index contributed by atoms with van der Waals surface area (Å²) in [6.45, 7) is -3.12. The minimum absolute atomic E-state index is 0.00679. The van der Waals surface area contributed by atoms with Crippen LogP contribution in [0.4, 0.5) is 18.3 Å². The third kappa shape index (κ3) is 4.61. The van der Waals surface area contributed by atoms with Gasteiger partial charge in [0.1, 0.15) is 5.82 Å². The molecule has 0 fully saturated rings. The van der Waals surface area contributed by atoms with Crippen molar-refractivity contribution in [1.29, 1.82) is 0 Å². The first-order valence-corrected chi connectivity index (χ1v) is 8.91. The van der Waals surface area contributed by atoms with Gasteiger partial charge in [-0.2, -0.15) is 8.78 Å². The topological polar surface area (TPSA) is 60.5 Å². The summed E-state index contributed by atoms with van der Waals surface area (Å²) in [6, 6.07) is 10.6. The number of rotatable bonds is 7. The first-order valence-electron chi connectivity index (χ1n) is 8.09. The van der Waals surface area contributed by atoms with Crippen molar-refractivity contribution in [2.45, 2.75) is 13.0 Å². The molecule has 0 aliphatic heterocycles. The third-order valence-corrected chi connectivity index (χ3v) is 4.66. The first kappa shape index (κ1) is 19.7. The van der Waals surface area contributed by atoms with E-state index in [2.05, 4.69) is 15.0 Å². The molecule has 3 aromatic rings. The molecule has 0 saturated carbocycles. The number of hydrogen-bond acceptors (Lipinski definition) is 5. The normalized spacial score (nSPS) is 10.8. The molecular formula is C19H15F3N2O3S. The summed E-state index contributed by atoms with van der Waals surface area (Å²) in [5.41, 5.74) is 0.384. The Labute approximate surface area is 162 Å². The Morgan fingerprint density at radius 3 is 2.71 bits per heavy atom. The van der Waals surface area contributed by atoms with E-state index in [1.807, 2.05) is 0 Å². The molecule has 0 radical (unpaired) electrons. The van der Waals surface area contributed by atoms with Gasteiger partial charge in [-0.3, -0.25) is 10.1 Å². The van der Waals surface area contributed by atoms with Crippen LogP contribution >= 0.6 is 11.3 Å². The number of carbonyl (C=O) groups is 1. The number of ether oxygens (including phenoxy) is 2. The van der Waals surface area contributed by atoms with Gasteiger partial charge in [0.15, 0.2) is 16.6 Å². The molecule has 9 heteroatoms. The largest absolute Gasteiger partial charge is 0.493 e. The van der Waals surface area contributed by atoms with Crippen LogP contribution in [0.2, 0.25) is 0 Å². The van der Waals surface area contributed by atoms with Gasteiger partial charge in [0.25, 0.3) is 5.91 Å². The number of anilines is 1. The van der Waals surface area contributed by atoms with Crippen LogP contribution in [0.3, 0.4) is 0 Å². The number of methoxy groups -OCH3 is 1. The molecule has 0 aliphatic rings. The van der Waals surface area contributed by atoms with E-state index in [0.29, 0.717) is 12.0 Å². The summed E-state index contributed by atoms with van der Waals surface area (Å²) in [7, 11) is 1.28. The fourth-order valence-electron chi connectivity index (χ4n) is 2.51. The quantitative estimate of drug-likeness (QED) is 0.614. The number of para-hydroxylation sites is 1. The predicted molar refractivity (Wildman–Crippen MR) is 98.9 cm³/mol. The molecule has 0 bridgehead atoms. The van der Waals surface area contributed by atoms with E-state index in [-0.39, 0.29) is 28.0 Å². The van der Waals surface area contributed by atoms with Crippen molar-refractivity contribution in [2.75, 3.05) is 12.4 Å². The highest BCUT2D eigenvalue weighted by atomic mass is 32.1. The van der Waals surface area contributed by atoms with Crippen LogP contribution in [-0.2, 0) is 6.42 Å². The maximum atomic E-state index is 13.8. The summed E-state index contributed by atoms with van der Waals surface area (Å²) in [5, 5.41) is 2.79. The standard InChI is InChI=1S/C19H15F3N2O3S/c1-26-15-8-4-6-13(16(15)27-18(21)22)17(25)24-19-23-10-12(28-19)9-11-5-2-3-7-14(11)20/h2-8,10,18H,9H2,1H3,(H,23,24,25). The van der Waals surface area contributed by atoms with Gasteiger partial charge in [0, 0.05) is 17.5 Å². The maximum Gasteiger partial charge on any atom is 0.387 e. The van der Waals surface area contributed by atoms with Crippen molar-refractivity contribution in [3.63, 3.8) is 0 Å². The number of thiazole rings is 1. The molecule has 0 atom stereocenters. The molecule has 5 nitrogen and oxygen atoms in total. The number of hydrogen-bond donors (Lipinski definition) is 1. The van der Waals surface area contributed by atoms with Gasteiger partial charge in [-0.15, -0.1) is 11.3 Å². The number of nitrogens with zero attached hydrogens (tertiary/aromatic N) is 1. The first-order chi connectivity index (χ1) is 13.5. The van der Waals surface area contributed by atoms with E-state index in [4.69, 9.17) is 4.74 Å². The highest BCUT2D eigenvalue weighted by Crippen LogP contribution is 2.33. The van der Waals surface area contributed by atoms with Crippen LogP contribution in [0, 0.1) is 5.82 Å². The van der Waals surface area contributed by atoms with Crippen molar-refractivity contribution in [3.05, 3.63) is 70.5 Å². The SMILES string of the molecule is COc1cccc(C(=O)Nc2ncc(Cc3ccccc3F)s2)c1OC(F)F. The van der Waals surface area contributed by atoms with Crippen LogP contribution in [0.15, 0.2) is 48.7 Å². The molecule has 1 amide bonds. The molecule has 146 valence electrons. The molecule has 28 heavy (non-hydrogen) atoms. The lowest BCUT2D eigenvalue weighted by Crippen LogP contribution is -2.15. The second-order valence-electron chi connectivity index (χ2n) is 5.57. The fraction of sp³-hybridized carbons (Fsp3) is 0.158. The highest BCUT2D eigenvalue weighted by molar-refractivity contribution is 7.15. The Morgan fingerprint density at radius 1 is 1.21 bits per heavy atom. The van der Waals surface area contributed by atoms with Gasteiger partial charge in [-0.1, -0.05) is 24.3 Å². The number of nitrogens with one attached hydrogen (secondary N) is 1. The lowest BCUT2D eigenvalue weighted by molar-refractivity contribution is -0.0515. The summed E-state index contributed by atoms with van der Waals surface area (Å²) in [5.74, 6) is -1.36. The lowest BCUT2D eigenvalue weighted by Gasteiger charge is -2.13. The van der Waals surface area contributed by atoms with Crippen molar-refractivity contribution in [2.24, 2.45) is 0 Å². The second kappa shape index (κ2) is 8.75. The van der Waals surface area contributed by atoms with E-state index >= 15 is 0 Å². The minimum atomic E-state index is -3.12. The zero-order valence-electron chi connectivity index (χ0n) is 14.6. The Balaban J connectivity index is 1.77. The van der Waals surface area contributed by atoms with Gasteiger partial charge in [0.2, 0.25) is 0 Å². The molecule has 1 aromatic heterocycles. The molecule has 0 saturated heterocycles.